The second-order valence-electron chi connectivity index (χ2n) is 6.25. The first-order chi connectivity index (χ1) is 10.4. The van der Waals surface area contributed by atoms with Gasteiger partial charge in [-0.25, -0.2) is 0 Å². The molecule has 1 saturated heterocycles. The van der Waals surface area contributed by atoms with Crippen LogP contribution in [0.3, 0.4) is 0 Å². The van der Waals surface area contributed by atoms with Crippen LogP contribution in [0.1, 0.15) is 6.92 Å². The SMILES string of the molecule is CC(=O)CN1CCN(C)CCN(CC(=O)O)CCN(C)CC1. The van der Waals surface area contributed by atoms with Crippen molar-refractivity contribution in [3.8, 4) is 0 Å². The molecule has 0 aliphatic carbocycles. The van der Waals surface area contributed by atoms with Crippen LogP contribution >= 0.6 is 0 Å². The van der Waals surface area contributed by atoms with E-state index in [1.807, 2.05) is 19.0 Å². The summed E-state index contributed by atoms with van der Waals surface area (Å²) in [5.41, 5.74) is 0. The fourth-order valence-corrected chi connectivity index (χ4v) is 2.52. The molecule has 0 radical (unpaired) electrons. The van der Waals surface area contributed by atoms with Crippen LogP contribution in [0.4, 0.5) is 0 Å². The van der Waals surface area contributed by atoms with Gasteiger partial charge in [-0.3, -0.25) is 19.4 Å². The molecule has 1 aliphatic rings. The molecular weight excluding hydrogens is 284 g/mol. The Hall–Kier alpha value is -1.02. The average molecular weight is 314 g/mol. The molecule has 1 N–H and O–H groups in total. The molecule has 0 bridgehead atoms. The summed E-state index contributed by atoms with van der Waals surface area (Å²) in [7, 11) is 4.09. The van der Waals surface area contributed by atoms with E-state index in [-0.39, 0.29) is 12.3 Å². The lowest BCUT2D eigenvalue weighted by Crippen LogP contribution is -2.46. The number of hydrogen-bond acceptors (Lipinski definition) is 6. The molecular formula is C15H30N4O3. The Balaban J connectivity index is 2.59. The van der Waals surface area contributed by atoms with E-state index in [1.165, 1.54) is 0 Å². The zero-order chi connectivity index (χ0) is 16.5. The summed E-state index contributed by atoms with van der Waals surface area (Å²) in [6, 6.07) is 0. The number of nitrogens with zero attached hydrogens (tertiary/aromatic N) is 4. The maximum Gasteiger partial charge on any atom is 0.317 e. The van der Waals surface area contributed by atoms with Crippen LogP contribution in [0.25, 0.3) is 0 Å². The van der Waals surface area contributed by atoms with Gasteiger partial charge in [-0.2, -0.15) is 0 Å². The Morgan fingerprint density at radius 1 is 0.773 bits per heavy atom. The molecule has 0 aromatic heterocycles. The first kappa shape index (κ1) is 19.0. The van der Waals surface area contributed by atoms with Crippen molar-refractivity contribution in [3.63, 3.8) is 0 Å². The molecule has 7 heteroatoms. The Morgan fingerprint density at radius 3 is 1.45 bits per heavy atom. The highest BCUT2D eigenvalue weighted by Gasteiger charge is 2.15. The van der Waals surface area contributed by atoms with Crippen molar-refractivity contribution in [1.29, 1.82) is 0 Å². The number of hydrogen-bond donors (Lipinski definition) is 1. The third-order valence-corrected chi connectivity index (χ3v) is 4.00. The van der Waals surface area contributed by atoms with Crippen molar-refractivity contribution in [3.05, 3.63) is 0 Å². The van der Waals surface area contributed by atoms with E-state index < -0.39 is 5.97 Å². The van der Waals surface area contributed by atoms with Gasteiger partial charge in [0.05, 0.1) is 13.1 Å². The zero-order valence-corrected chi connectivity index (χ0v) is 14.1. The third-order valence-electron chi connectivity index (χ3n) is 4.00. The van der Waals surface area contributed by atoms with Crippen molar-refractivity contribution in [2.24, 2.45) is 0 Å². The molecule has 0 amide bonds. The molecule has 1 heterocycles. The summed E-state index contributed by atoms with van der Waals surface area (Å²) in [5.74, 6) is -0.574. The summed E-state index contributed by atoms with van der Waals surface area (Å²) in [6.45, 7) is 8.92. The smallest absolute Gasteiger partial charge is 0.317 e. The molecule has 0 saturated carbocycles. The van der Waals surface area contributed by atoms with E-state index in [4.69, 9.17) is 5.11 Å². The number of ketones is 1. The molecule has 1 rings (SSSR count). The number of aliphatic carboxylic acids is 1. The Labute approximate surface area is 133 Å². The molecule has 0 atom stereocenters. The number of carboxylic acid groups (broad SMARTS) is 1. The minimum absolute atomic E-state index is 0.0954. The average Bonchev–Trinajstić information content (AvgIpc) is 2.42. The number of carbonyl (C=O) groups is 2. The summed E-state index contributed by atoms with van der Waals surface area (Å²) < 4.78 is 0. The quantitative estimate of drug-likeness (QED) is 0.724. The van der Waals surface area contributed by atoms with Gasteiger partial charge in [0.25, 0.3) is 0 Å². The molecule has 0 spiro atoms. The molecule has 0 unspecified atom stereocenters. The number of Topliss-reactive ketones (excluding diaryl/α,β-unsaturated/α-hetero) is 1. The van der Waals surface area contributed by atoms with Crippen molar-refractivity contribution >= 4 is 11.8 Å². The zero-order valence-electron chi connectivity index (χ0n) is 14.1. The Morgan fingerprint density at radius 2 is 1.14 bits per heavy atom. The van der Waals surface area contributed by atoms with Gasteiger partial charge in [-0.1, -0.05) is 0 Å². The molecule has 0 aromatic rings. The van der Waals surface area contributed by atoms with Gasteiger partial charge >= 0.3 is 5.97 Å². The van der Waals surface area contributed by atoms with Crippen molar-refractivity contribution in [2.75, 3.05) is 79.5 Å². The summed E-state index contributed by atoms with van der Waals surface area (Å²) in [6.07, 6.45) is 0. The van der Waals surface area contributed by atoms with Gasteiger partial charge in [0.1, 0.15) is 5.78 Å². The number of rotatable bonds is 4. The largest absolute Gasteiger partial charge is 0.480 e. The first-order valence-electron chi connectivity index (χ1n) is 7.90. The predicted octanol–water partition coefficient (Wildman–Crippen LogP) is -0.859. The molecule has 1 fully saturated rings. The minimum atomic E-state index is -0.773. The maximum atomic E-state index is 11.4. The lowest BCUT2D eigenvalue weighted by atomic mass is 10.3. The molecule has 7 nitrogen and oxygen atoms in total. The molecule has 1 aliphatic heterocycles. The number of likely N-dealkylation sites (N-methyl/N-ethyl adjacent to an activating group) is 2. The van der Waals surface area contributed by atoms with E-state index in [2.05, 4.69) is 14.7 Å². The normalized spacial score (nSPS) is 22.0. The standard InChI is InChI=1S/C15H30N4O3/c1-14(20)12-18-8-4-16(2)6-10-19(13-15(21)22)11-7-17(3)5-9-18/h4-13H2,1-3H3,(H,21,22). The lowest BCUT2D eigenvalue weighted by molar-refractivity contribution is -0.138. The third kappa shape index (κ3) is 8.43. The maximum absolute atomic E-state index is 11.4. The minimum Gasteiger partial charge on any atom is -0.480 e. The van der Waals surface area contributed by atoms with E-state index >= 15 is 0 Å². The summed E-state index contributed by atoms with van der Waals surface area (Å²) in [4.78, 5) is 30.9. The van der Waals surface area contributed by atoms with Crippen LogP contribution in [0.15, 0.2) is 0 Å². The fraction of sp³-hybridized carbons (Fsp3) is 0.867. The Bertz CT molecular complexity index is 315. The van der Waals surface area contributed by atoms with Crippen LogP contribution in [0.2, 0.25) is 0 Å². The van der Waals surface area contributed by atoms with E-state index in [0.29, 0.717) is 6.54 Å². The molecule has 128 valence electrons. The predicted molar refractivity (Wildman–Crippen MR) is 86.2 cm³/mol. The van der Waals surface area contributed by atoms with E-state index in [9.17, 15) is 9.59 Å². The molecule has 0 aromatic carbocycles. The Kier molecular flexibility index (Phi) is 8.55. The van der Waals surface area contributed by atoms with Crippen LogP contribution in [-0.4, -0.2) is 116 Å². The van der Waals surface area contributed by atoms with Crippen LogP contribution in [0, 0.1) is 0 Å². The number of carbonyl (C=O) groups excluding carboxylic acids is 1. The van der Waals surface area contributed by atoms with Gasteiger partial charge < -0.3 is 14.9 Å². The molecule has 22 heavy (non-hydrogen) atoms. The van der Waals surface area contributed by atoms with Gasteiger partial charge in [0.2, 0.25) is 0 Å². The van der Waals surface area contributed by atoms with Gasteiger partial charge in [-0.05, 0) is 21.0 Å². The second-order valence-corrected chi connectivity index (χ2v) is 6.25. The lowest BCUT2D eigenvalue weighted by Gasteiger charge is -2.31. The van der Waals surface area contributed by atoms with Crippen LogP contribution in [-0.2, 0) is 9.59 Å². The van der Waals surface area contributed by atoms with Gasteiger partial charge in [0.15, 0.2) is 0 Å². The van der Waals surface area contributed by atoms with Crippen LogP contribution in [0.5, 0.6) is 0 Å². The van der Waals surface area contributed by atoms with E-state index in [1.54, 1.807) is 6.92 Å². The summed E-state index contributed by atoms with van der Waals surface area (Å²) in [5, 5.41) is 9.00. The summed E-state index contributed by atoms with van der Waals surface area (Å²) >= 11 is 0. The van der Waals surface area contributed by atoms with E-state index in [0.717, 1.165) is 52.4 Å². The highest BCUT2D eigenvalue weighted by Crippen LogP contribution is 1.98. The van der Waals surface area contributed by atoms with Crippen molar-refractivity contribution in [2.45, 2.75) is 6.92 Å². The topological polar surface area (TPSA) is 67.3 Å². The van der Waals surface area contributed by atoms with Crippen LogP contribution < -0.4 is 0 Å². The highest BCUT2D eigenvalue weighted by molar-refractivity contribution is 5.77. The van der Waals surface area contributed by atoms with Gasteiger partial charge in [-0.15, -0.1) is 0 Å². The van der Waals surface area contributed by atoms with Gasteiger partial charge in [0, 0.05) is 52.4 Å². The number of carboxylic acids is 1. The fourth-order valence-electron chi connectivity index (χ4n) is 2.52. The monoisotopic (exact) mass is 314 g/mol. The second kappa shape index (κ2) is 9.89. The first-order valence-corrected chi connectivity index (χ1v) is 7.90. The van der Waals surface area contributed by atoms with Crippen molar-refractivity contribution in [1.82, 2.24) is 19.6 Å². The highest BCUT2D eigenvalue weighted by atomic mass is 16.4. The van der Waals surface area contributed by atoms with Crippen molar-refractivity contribution < 1.29 is 14.7 Å².